The maximum absolute atomic E-state index is 14.8. The summed E-state index contributed by atoms with van der Waals surface area (Å²) in [7, 11) is 0. The first-order valence-corrected chi connectivity index (χ1v) is 14.5. The van der Waals surface area contributed by atoms with Crippen LogP contribution in [0.4, 0.5) is 4.39 Å². The highest BCUT2D eigenvalue weighted by Crippen LogP contribution is 2.14. The van der Waals surface area contributed by atoms with Crippen LogP contribution in [0.1, 0.15) is 154 Å². The van der Waals surface area contributed by atoms with Crippen molar-refractivity contribution in [2.75, 3.05) is 0 Å². The van der Waals surface area contributed by atoms with Crippen molar-refractivity contribution in [2.45, 2.75) is 162 Å². The van der Waals surface area contributed by atoms with Gasteiger partial charge in [0.25, 0.3) is 0 Å². The van der Waals surface area contributed by atoms with Gasteiger partial charge in [-0.3, -0.25) is 0 Å². The Balaban J connectivity index is 2.04. The normalized spacial score (nSPS) is 11.3. The fourth-order valence-corrected chi connectivity index (χ4v) is 4.69. The van der Waals surface area contributed by atoms with Crippen LogP contribution in [-0.4, -0.2) is 0 Å². The number of rotatable bonds is 23. The molecule has 0 atom stereocenters. The first-order valence-electron chi connectivity index (χ1n) is 14.5. The summed E-state index contributed by atoms with van der Waals surface area (Å²) in [6, 6.07) is 4.02. The highest BCUT2D eigenvalue weighted by molar-refractivity contribution is 5.07. The summed E-state index contributed by atoms with van der Waals surface area (Å²) in [4.78, 5) is 0. The van der Waals surface area contributed by atoms with Crippen molar-refractivity contribution in [2.24, 2.45) is 0 Å². The van der Waals surface area contributed by atoms with Gasteiger partial charge in [-0.2, -0.15) is 4.57 Å². The lowest BCUT2D eigenvalue weighted by Gasteiger charge is -2.05. The molecule has 1 aromatic heterocycles. The molecule has 32 heavy (non-hydrogen) atoms. The van der Waals surface area contributed by atoms with Crippen LogP contribution in [0.5, 0.6) is 0 Å². The maximum Gasteiger partial charge on any atom is 0.362 e. The van der Waals surface area contributed by atoms with Gasteiger partial charge in [-0.05, 0) is 25.3 Å². The molecule has 0 unspecified atom stereocenters. The van der Waals surface area contributed by atoms with E-state index >= 15 is 0 Å². The van der Waals surface area contributed by atoms with E-state index in [0.717, 1.165) is 31.4 Å². The molecule has 1 aromatic rings. The lowest BCUT2D eigenvalue weighted by Crippen LogP contribution is -2.38. The van der Waals surface area contributed by atoms with Crippen molar-refractivity contribution < 1.29 is 8.96 Å². The molecule has 0 saturated carbocycles. The zero-order valence-corrected chi connectivity index (χ0v) is 21.8. The molecule has 1 heterocycles. The number of pyridine rings is 1. The second-order valence-electron chi connectivity index (χ2n) is 9.99. The Kier molecular flexibility index (Phi) is 19.9. The molecule has 2 heteroatoms. The molecule has 0 aromatic carbocycles. The maximum atomic E-state index is 14.8. The Morgan fingerprint density at radius 1 is 0.562 bits per heavy atom. The Bertz CT molecular complexity index is 528. The zero-order chi connectivity index (χ0) is 23.1. The zero-order valence-electron chi connectivity index (χ0n) is 21.8. The molecule has 0 aliphatic rings. The Morgan fingerprint density at radius 3 is 1.44 bits per heavy atom. The topological polar surface area (TPSA) is 3.88 Å². The van der Waals surface area contributed by atoms with Crippen molar-refractivity contribution in [3.63, 3.8) is 0 Å². The van der Waals surface area contributed by atoms with E-state index in [9.17, 15) is 4.39 Å². The monoisotopic (exact) mass is 448 g/mol. The van der Waals surface area contributed by atoms with Gasteiger partial charge in [0.2, 0.25) is 0 Å². The number of hydrogen-bond donors (Lipinski definition) is 0. The molecule has 0 saturated heterocycles. The van der Waals surface area contributed by atoms with Crippen molar-refractivity contribution in [1.82, 2.24) is 0 Å². The molecule has 0 aliphatic carbocycles. The molecule has 0 aliphatic heterocycles. The highest BCUT2D eigenvalue weighted by atomic mass is 19.1. The molecule has 0 N–H and O–H groups in total. The molecule has 0 fully saturated rings. The van der Waals surface area contributed by atoms with Crippen LogP contribution in [0.25, 0.3) is 0 Å². The first kappa shape index (κ1) is 29.1. The van der Waals surface area contributed by atoms with Gasteiger partial charge in [-0.25, -0.2) is 0 Å². The van der Waals surface area contributed by atoms with Crippen LogP contribution >= 0.6 is 0 Å². The summed E-state index contributed by atoms with van der Waals surface area (Å²) >= 11 is 0. The Labute approximate surface area is 200 Å². The van der Waals surface area contributed by atoms with Crippen LogP contribution in [0, 0.1) is 5.95 Å². The largest absolute Gasteiger partial charge is 0.362 e. The second-order valence-corrected chi connectivity index (χ2v) is 9.99. The molecule has 0 bridgehead atoms. The lowest BCUT2D eigenvalue weighted by molar-refractivity contribution is -0.724. The summed E-state index contributed by atoms with van der Waals surface area (Å²) in [5.41, 5.74) is 0.913. The van der Waals surface area contributed by atoms with E-state index in [4.69, 9.17) is 0 Å². The average Bonchev–Trinajstić information content (AvgIpc) is 2.80. The fraction of sp³-hybridized carbons (Fsp3) is 0.833. The van der Waals surface area contributed by atoms with Gasteiger partial charge in [0.15, 0.2) is 12.7 Å². The fourth-order valence-electron chi connectivity index (χ4n) is 4.69. The minimum atomic E-state index is 0.00939. The molecule has 0 amide bonds. The third-order valence-electron chi connectivity index (χ3n) is 6.88. The van der Waals surface area contributed by atoms with Crippen molar-refractivity contribution in [3.05, 3.63) is 29.8 Å². The molecule has 0 radical (unpaired) electrons. The lowest BCUT2D eigenvalue weighted by atomic mass is 10.0. The van der Waals surface area contributed by atoms with Crippen molar-refractivity contribution in [1.29, 1.82) is 0 Å². The van der Waals surface area contributed by atoms with Crippen LogP contribution in [0.15, 0.2) is 18.3 Å². The number of hydrogen-bond acceptors (Lipinski definition) is 0. The summed E-state index contributed by atoms with van der Waals surface area (Å²) in [5.74, 6) is 0.00939. The molecule has 186 valence electrons. The summed E-state index contributed by atoms with van der Waals surface area (Å²) in [5, 5.41) is 0. The highest BCUT2D eigenvalue weighted by Gasteiger charge is 2.14. The average molecular weight is 449 g/mol. The van der Waals surface area contributed by atoms with E-state index in [-0.39, 0.29) is 5.95 Å². The first-order chi connectivity index (χ1) is 15.8. The second kappa shape index (κ2) is 21.9. The van der Waals surface area contributed by atoms with Crippen molar-refractivity contribution >= 4 is 0 Å². The van der Waals surface area contributed by atoms with Crippen LogP contribution in [0.2, 0.25) is 0 Å². The van der Waals surface area contributed by atoms with Crippen LogP contribution in [0.3, 0.4) is 0 Å². The summed E-state index contributed by atoms with van der Waals surface area (Å²) < 4.78 is 16.7. The smallest absolute Gasteiger partial charge is 0.174 e. The van der Waals surface area contributed by atoms with E-state index in [2.05, 4.69) is 13.8 Å². The number of nitrogens with zero attached hydrogens (tertiary/aromatic N) is 1. The molecular formula is C30H55FN+. The predicted molar refractivity (Wildman–Crippen MR) is 139 cm³/mol. The number of aromatic nitrogens is 1. The molecule has 1 nitrogen and oxygen atoms in total. The van der Waals surface area contributed by atoms with Crippen molar-refractivity contribution in [3.8, 4) is 0 Å². The van der Waals surface area contributed by atoms with Gasteiger partial charge in [-0.1, -0.05) is 129 Å². The van der Waals surface area contributed by atoms with Gasteiger partial charge < -0.3 is 0 Å². The van der Waals surface area contributed by atoms with E-state index in [0.29, 0.717) is 0 Å². The Morgan fingerprint density at radius 2 is 0.969 bits per heavy atom. The van der Waals surface area contributed by atoms with Gasteiger partial charge in [0, 0.05) is 12.5 Å². The van der Waals surface area contributed by atoms with Gasteiger partial charge in [0.05, 0.1) is 5.56 Å². The number of halogens is 1. The van der Waals surface area contributed by atoms with E-state index in [1.165, 1.54) is 122 Å². The molecule has 0 spiro atoms. The minimum Gasteiger partial charge on any atom is -0.174 e. The molecule has 1 rings (SSSR count). The third kappa shape index (κ3) is 15.8. The summed E-state index contributed by atoms with van der Waals surface area (Å²) in [6.07, 6.45) is 30.9. The van der Waals surface area contributed by atoms with Gasteiger partial charge in [-0.15, -0.1) is 4.39 Å². The van der Waals surface area contributed by atoms with Crippen LogP contribution in [-0.2, 0) is 13.0 Å². The molecular weight excluding hydrogens is 393 g/mol. The van der Waals surface area contributed by atoms with E-state index in [1.54, 1.807) is 0 Å². The standard InChI is InChI=1S/C30H55FN/c1-3-5-7-9-11-13-14-15-16-18-20-22-25-29-26-24-28-32(30(29)31)27-23-21-19-17-12-10-8-6-4-2/h24,26,28H,3-23,25,27H2,1-2H3/q+1. The van der Waals surface area contributed by atoms with Gasteiger partial charge in [0.1, 0.15) is 0 Å². The summed E-state index contributed by atoms with van der Waals surface area (Å²) in [6.45, 7) is 5.38. The predicted octanol–water partition coefficient (Wildman–Crippen LogP) is 9.89. The quantitative estimate of drug-likeness (QED) is 0.0890. The Hall–Kier alpha value is -0.920. The van der Waals surface area contributed by atoms with Crippen LogP contribution < -0.4 is 4.57 Å². The van der Waals surface area contributed by atoms with E-state index < -0.39 is 0 Å². The minimum absolute atomic E-state index is 0.00939. The van der Waals surface area contributed by atoms with Gasteiger partial charge >= 0.3 is 5.95 Å². The van der Waals surface area contributed by atoms with E-state index in [1.807, 2.05) is 22.9 Å². The third-order valence-corrected chi connectivity index (χ3v) is 6.88. The number of aryl methyl sites for hydroxylation is 2. The number of unbranched alkanes of at least 4 members (excludes halogenated alkanes) is 19. The SMILES string of the molecule is CCCCCCCCCCCCCCc1ccc[n+](CCCCCCCCCCC)c1F.